The van der Waals surface area contributed by atoms with Gasteiger partial charge in [-0.15, -0.1) is 0 Å². The van der Waals surface area contributed by atoms with Crippen molar-refractivity contribution in [2.45, 2.75) is 26.2 Å². The monoisotopic (exact) mass is 184 g/mol. The summed E-state index contributed by atoms with van der Waals surface area (Å²) in [5.74, 6) is 1.78. The Kier molecular flexibility index (Phi) is 1.76. The molecule has 2 atom stereocenters. The largest absolute Gasteiger partial charge is 0.0773 e. The van der Waals surface area contributed by atoms with Crippen molar-refractivity contribution in [3.05, 3.63) is 41.5 Å². The number of aryl methyl sites for hydroxylation is 1. The topological polar surface area (TPSA) is 0 Å². The van der Waals surface area contributed by atoms with Crippen LogP contribution in [0.3, 0.4) is 0 Å². The van der Waals surface area contributed by atoms with Crippen molar-refractivity contribution < 1.29 is 0 Å². The fourth-order valence-electron chi connectivity index (χ4n) is 3.00. The summed E-state index contributed by atoms with van der Waals surface area (Å²) in [7, 11) is 0. The predicted molar refractivity (Wildman–Crippen MR) is 60.0 cm³/mol. The first-order valence-electron chi connectivity index (χ1n) is 5.62. The SMILES string of the molecule is Cc1cccc(C2=CC3CCC2C3)c1. The van der Waals surface area contributed by atoms with Crippen LogP contribution in [0, 0.1) is 18.8 Å². The lowest BCUT2D eigenvalue weighted by Crippen LogP contribution is -1.96. The minimum absolute atomic E-state index is 0.877. The van der Waals surface area contributed by atoms with Gasteiger partial charge in [-0.25, -0.2) is 0 Å². The van der Waals surface area contributed by atoms with Crippen LogP contribution in [-0.2, 0) is 0 Å². The first-order valence-corrected chi connectivity index (χ1v) is 5.62. The molecule has 0 saturated heterocycles. The molecule has 2 aliphatic carbocycles. The predicted octanol–water partition coefficient (Wildman–Crippen LogP) is 3.81. The van der Waals surface area contributed by atoms with Gasteiger partial charge in [0.15, 0.2) is 0 Å². The summed E-state index contributed by atoms with van der Waals surface area (Å²) in [5, 5.41) is 0. The van der Waals surface area contributed by atoms with Crippen molar-refractivity contribution in [2.75, 3.05) is 0 Å². The van der Waals surface area contributed by atoms with Gasteiger partial charge in [-0.2, -0.15) is 0 Å². The molecule has 2 aliphatic rings. The molecule has 0 heteroatoms. The third-order valence-corrected chi connectivity index (χ3v) is 3.68. The van der Waals surface area contributed by atoms with Crippen LogP contribution >= 0.6 is 0 Å². The van der Waals surface area contributed by atoms with Crippen molar-refractivity contribution in [1.29, 1.82) is 0 Å². The molecule has 1 fully saturated rings. The van der Waals surface area contributed by atoms with Crippen LogP contribution in [0.2, 0.25) is 0 Å². The first kappa shape index (κ1) is 8.28. The molecular formula is C14H16. The normalized spacial score (nSPS) is 29.4. The maximum absolute atomic E-state index is 2.52. The van der Waals surface area contributed by atoms with Crippen LogP contribution in [-0.4, -0.2) is 0 Å². The summed E-state index contributed by atoms with van der Waals surface area (Å²) in [6.07, 6.45) is 6.79. The van der Waals surface area contributed by atoms with Gasteiger partial charge in [0.2, 0.25) is 0 Å². The third-order valence-electron chi connectivity index (χ3n) is 3.68. The van der Waals surface area contributed by atoms with Crippen molar-refractivity contribution in [3.8, 4) is 0 Å². The van der Waals surface area contributed by atoms with Crippen molar-refractivity contribution >= 4 is 5.57 Å². The highest BCUT2D eigenvalue weighted by atomic mass is 14.4. The van der Waals surface area contributed by atoms with E-state index < -0.39 is 0 Å². The van der Waals surface area contributed by atoms with E-state index in [1.807, 2.05) is 0 Å². The Bertz CT molecular complexity index is 387. The Morgan fingerprint density at radius 3 is 2.79 bits per heavy atom. The molecule has 0 N–H and O–H groups in total. The highest BCUT2D eigenvalue weighted by Gasteiger charge is 2.32. The smallest absolute Gasteiger partial charge is 0.0153 e. The fraction of sp³-hybridized carbons (Fsp3) is 0.429. The first-order chi connectivity index (χ1) is 6.83. The molecule has 0 nitrogen and oxygen atoms in total. The number of hydrogen-bond acceptors (Lipinski definition) is 0. The van der Waals surface area contributed by atoms with Gasteiger partial charge in [-0.1, -0.05) is 35.9 Å². The van der Waals surface area contributed by atoms with Crippen molar-refractivity contribution in [3.63, 3.8) is 0 Å². The van der Waals surface area contributed by atoms with E-state index in [0.29, 0.717) is 0 Å². The van der Waals surface area contributed by atoms with Crippen LogP contribution < -0.4 is 0 Å². The Balaban J connectivity index is 2.00. The Hall–Kier alpha value is -1.04. The number of fused-ring (bicyclic) bond motifs is 2. The Labute approximate surface area is 85.6 Å². The minimum Gasteiger partial charge on any atom is -0.0773 e. The third kappa shape index (κ3) is 1.21. The summed E-state index contributed by atoms with van der Waals surface area (Å²) in [5.41, 5.74) is 4.48. The lowest BCUT2D eigenvalue weighted by atomic mass is 9.91. The quantitative estimate of drug-likeness (QED) is 0.622. The number of benzene rings is 1. The average molecular weight is 184 g/mol. The lowest BCUT2D eigenvalue weighted by molar-refractivity contribution is 0.695. The fourth-order valence-corrected chi connectivity index (χ4v) is 3.00. The number of allylic oxidation sites excluding steroid dienone is 2. The van der Waals surface area contributed by atoms with E-state index in [4.69, 9.17) is 0 Å². The molecule has 3 rings (SSSR count). The molecule has 14 heavy (non-hydrogen) atoms. The van der Waals surface area contributed by atoms with Crippen LogP contribution in [0.25, 0.3) is 5.57 Å². The van der Waals surface area contributed by atoms with E-state index in [1.165, 1.54) is 30.4 Å². The van der Waals surface area contributed by atoms with E-state index in [9.17, 15) is 0 Å². The number of hydrogen-bond donors (Lipinski definition) is 0. The van der Waals surface area contributed by atoms with E-state index in [2.05, 4.69) is 37.3 Å². The summed E-state index contributed by atoms with van der Waals surface area (Å²) in [4.78, 5) is 0. The van der Waals surface area contributed by atoms with Gasteiger partial charge in [0.1, 0.15) is 0 Å². The summed E-state index contributed by atoms with van der Waals surface area (Å²) < 4.78 is 0. The van der Waals surface area contributed by atoms with Crippen LogP contribution in [0.1, 0.15) is 30.4 Å². The molecule has 0 heterocycles. The zero-order chi connectivity index (χ0) is 9.54. The molecule has 0 radical (unpaired) electrons. The molecule has 0 spiro atoms. The van der Waals surface area contributed by atoms with Gasteiger partial charge in [0, 0.05) is 0 Å². The van der Waals surface area contributed by atoms with Crippen LogP contribution in [0.15, 0.2) is 30.3 Å². The maximum atomic E-state index is 2.52. The zero-order valence-electron chi connectivity index (χ0n) is 8.66. The van der Waals surface area contributed by atoms with Crippen molar-refractivity contribution in [2.24, 2.45) is 11.8 Å². The van der Waals surface area contributed by atoms with Gasteiger partial charge in [-0.05, 0) is 49.2 Å². The standard InChI is InChI=1S/C14H16/c1-10-3-2-4-12(7-10)14-9-11-5-6-13(14)8-11/h2-4,7,9,11,13H,5-6,8H2,1H3. The molecule has 1 saturated carbocycles. The van der Waals surface area contributed by atoms with Gasteiger partial charge in [-0.3, -0.25) is 0 Å². The summed E-state index contributed by atoms with van der Waals surface area (Å²) >= 11 is 0. The molecule has 2 unspecified atom stereocenters. The molecule has 1 aromatic rings. The van der Waals surface area contributed by atoms with E-state index >= 15 is 0 Å². The average Bonchev–Trinajstić information content (AvgIpc) is 2.78. The minimum atomic E-state index is 0.877. The second kappa shape index (κ2) is 2.98. The molecule has 0 amide bonds. The number of rotatable bonds is 1. The van der Waals surface area contributed by atoms with Gasteiger partial charge >= 0.3 is 0 Å². The summed E-state index contributed by atoms with van der Waals surface area (Å²) in [6.45, 7) is 2.18. The van der Waals surface area contributed by atoms with Gasteiger partial charge in [0.05, 0.1) is 0 Å². The molecule has 72 valence electrons. The second-order valence-corrected chi connectivity index (χ2v) is 4.76. The molecule has 0 aliphatic heterocycles. The van der Waals surface area contributed by atoms with E-state index in [1.54, 1.807) is 5.57 Å². The maximum Gasteiger partial charge on any atom is -0.0153 e. The highest BCUT2D eigenvalue weighted by Crippen LogP contribution is 2.47. The van der Waals surface area contributed by atoms with Crippen molar-refractivity contribution in [1.82, 2.24) is 0 Å². The highest BCUT2D eigenvalue weighted by molar-refractivity contribution is 5.71. The Morgan fingerprint density at radius 1 is 1.21 bits per heavy atom. The van der Waals surface area contributed by atoms with Gasteiger partial charge in [0.25, 0.3) is 0 Å². The van der Waals surface area contributed by atoms with E-state index in [0.717, 1.165) is 11.8 Å². The van der Waals surface area contributed by atoms with E-state index in [-0.39, 0.29) is 0 Å². The Morgan fingerprint density at radius 2 is 2.14 bits per heavy atom. The molecule has 2 bridgehead atoms. The molecular weight excluding hydrogens is 168 g/mol. The van der Waals surface area contributed by atoms with Gasteiger partial charge < -0.3 is 0 Å². The molecule has 1 aromatic carbocycles. The zero-order valence-corrected chi connectivity index (χ0v) is 8.66. The second-order valence-electron chi connectivity index (χ2n) is 4.76. The van der Waals surface area contributed by atoms with Crippen LogP contribution in [0.5, 0.6) is 0 Å². The summed E-state index contributed by atoms with van der Waals surface area (Å²) in [6, 6.07) is 8.95. The van der Waals surface area contributed by atoms with Crippen LogP contribution in [0.4, 0.5) is 0 Å². The lowest BCUT2D eigenvalue weighted by Gasteiger charge is -2.13. The molecule has 0 aromatic heterocycles.